The molecule has 4 heteroatoms. The summed E-state index contributed by atoms with van der Waals surface area (Å²) in [5.41, 5.74) is 8.10. The smallest absolute Gasteiger partial charge is 0.134 e. The van der Waals surface area contributed by atoms with E-state index >= 15 is 0 Å². The van der Waals surface area contributed by atoms with Gasteiger partial charge < -0.3 is 10.2 Å². The average Bonchev–Trinajstić information content (AvgIpc) is 2.73. The van der Waals surface area contributed by atoms with Gasteiger partial charge in [-0.05, 0) is 30.3 Å². The quantitative estimate of drug-likeness (QED) is 0.751. The standard InChI is InChI=1S/C14H11FN2O/c15-11-1-2-14-9(5-11)6-12(18-14)7-10-8-17-4-3-13(10)16/h1-6,8H,7H2,(H2,16,17). The molecule has 0 bridgehead atoms. The van der Waals surface area contributed by atoms with Gasteiger partial charge in [0.1, 0.15) is 17.2 Å². The molecule has 0 aliphatic carbocycles. The van der Waals surface area contributed by atoms with Gasteiger partial charge in [0.2, 0.25) is 0 Å². The third-order valence-electron chi connectivity index (χ3n) is 2.84. The minimum atomic E-state index is -0.268. The van der Waals surface area contributed by atoms with Crippen molar-refractivity contribution in [1.29, 1.82) is 0 Å². The van der Waals surface area contributed by atoms with Crippen molar-refractivity contribution in [2.24, 2.45) is 0 Å². The fourth-order valence-corrected chi connectivity index (χ4v) is 1.93. The Morgan fingerprint density at radius 2 is 2.11 bits per heavy atom. The highest BCUT2D eigenvalue weighted by Gasteiger charge is 2.07. The van der Waals surface area contributed by atoms with E-state index in [1.165, 1.54) is 12.1 Å². The van der Waals surface area contributed by atoms with Crippen LogP contribution in [0.4, 0.5) is 10.1 Å². The summed E-state index contributed by atoms with van der Waals surface area (Å²) in [7, 11) is 0. The zero-order chi connectivity index (χ0) is 12.5. The normalized spacial score (nSPS) is 10.9. The number of fused-ring (bicyclic) bond motifs is 1. The number of aromatic nitrogens is 1. The maximum atomic E-state index is 13.1. The number of furan rings is 1. The second-order valence-electron chi connectivity index (χ2n) is 4.15. The van der Waals surface area contributed by atoms with Crippen molar-refractivity contribution < 1.29 is 8.81 Å². The Kier molecular flexibility index (Phi) is 2.48. The van der Waals surface area contributed by atoms with Crippen LogP contribution in [-0.2, 0) is 6.42 Å². The van der Waals surface area contributed by atoms with Crippen molar-refractivity contribution >= 4 is 16.7 Å². The Morgan fingerprint density at radius 3 is 2.94 bits per heavy atom. The third-order valence-corrected chi connectivity index (χ3v) is 2.84. The van der Waals surface area contributed by atoms with E-state index in [0.717, 1.165) is 16.7 Å². The van der Waals surface area contributed by atoms with Gasteiger partial charge in [-0.15, -0.1) is 0 Å². The Hall–Kier alpha value is -2.36. The van der Waals surface area contributed by atoms with Crippen molar-refractivity contribution in [2.45, 2.75) is 6.42 Å². The average molecular weight is 242 g/mol. The second-order valence-corrected chi connectivity index (χ2v) is 4.15. The van der Waals surface area contributed by atoms with Crippen LogP contribution in [-0.4, -0.2) is 4.98 Å². The van der Waals surface area contributed by atoms with Crippen LogP contribution in [0.5, 0.6) is 0 Å². The molecule has 1 aromatic carbocycles. The highest BCUT2D eigenvalue weighted by atomic mass is 19.1. The van der Waals surface area contributed by atoms with Crippen LogP contribution in [0.3, 0.4) is 0 Å². The van der Waals surface area contributed by atoms with Gasteiger partial charge >= 0.3 is 0 Å². The first kappa shape index (κ1) is 10.8. The van der Waals surface area contributed by atoms with Crippen LogP contribution >= 0.6 is 0 Å². The lowest BCUT2D eigenvalue weighted by Gasteiger charge is -2.01. The molecule has 0 saturated carbocycles. The number of hydrogen-bond donors (Lipinski definition) is 1. The molecule has 18 heavy (non-hydrogen) atoms. The largest absolute Gasteiger partial charge is 0.461 e. The molecular formula is C14H11FN2O. The third kappa shape index (κ3) is 1.93. The Morgan fingerprint density at radius 1 is 1.22 bits per heavy atom. The Bertz CT molecular complexity index is 706. The van der Waals surface area contributed by atoms with E-state index < -0.39 is 0 Å². The van der Waals surface area contributed by atoms with E-state index in [1.54, 1.807) is 24.5 Å². The molecule has 2 aromatic heterocycles. The van der Waals surface area contributed by atoms with Crippen LogP contribution in [0, 0.1) is 5.82 Å². The Balaban J connectivity index is 1.98. The predicted octanol–water partition coefficient (Wildman–Crippen LogP) is 3.14. The van der Waals surface area contributed by atoms with Crippen molar-refractivity contribution in [2.75, 3.05) is 5.73 Å². The summed E-state index contributed by atoms with van der Waals surface area (Å²) in [4.78, 5) is 4.03. The fourth-order valence-electron chi connectivity index (χ4n) is 1.93. The Labute approximate surface area is 103 Å². The van der Waals surface area contributed by atoms with E-state index in [1.807, 2.05) is 6.07 Å². The molecule has 0 radical (unpaired) electrons. The molecule has 0 aliphatic rings. The zero-order valence-corrected chi connectivity index (χ0v) is 9.56. The molecule has 0 unspecified atom stereocenters. The molecule has 2 heterocycles. The number of nitrogen functional groups attached to an aromatic ring is 1. The molecule has 3 aromatic rings. The number of nitrogens with zero attached hydrogens (tertiary/aromatic N) is 1. The summed E-state index contributed by atoms with van der Waals surface area (Å²) < 4.78 is 18.7. The van der Waals surface area contributed by atoms with Gasteiger partial charge in [-0.3, -0.25) is 4.98 Å². The molecule has 2 N–H and O–H groups in total. The first-order chi connectivity index (χ1) is 8.72. The number of pyridine rings is 1. The lowest BCUT2D eigenvalue weighted by Crippen LogP contribution is -1.95. The van der Waals surface area contributed by atoms with Gasteiger partial charge in [-0.25, -0.2) is 4.39 Å². The minimum absolute atomic E-state index is 0.268. The highest BCUT2D eigenvalue weighted by Crippen LogP contribution is 2.23. The monoisotopic (exact) mass is 242 g/mol. The maximum Gasteiger partial charge on any atom is 0.134 e. The number of benzene rings is 1. The second kappa shape index (κ2) is 4.14. The maximum absolute atomic E-state index is 13.1. The van der Waals surface area contributed by atoms with Crippen molar-refractivity contribution in [3.8, 4) is 0 Å². The van der Waals surface area contributed by atoms with Crippen LogP contribution in [0.15, 0.2) is 47.1 Å². The zero-order valence-electron chi connectivity index (χ0n) is 9.56. The molecule has 3 nitrogen and oxygen atoms in total. The topological polar surface area (TPSA) is 52.0 Å². The predicted molar refractivity (Wildman–Crippen MR) is 67.6 cm³/mol. The van der Waals surface area contributed by atoms with E-state index in [4.69, 9.17) is 10.2 Å². The number of halogens is 1. The van der Waals surface area contributed by atoms with E-state index in [0.29, 0.717) is 17.7 Å². The summed E-state index contributed by atoms with van der Waals surface area (Å²) >= 11 is 0. The van der Waals surface area contributed by atoms with E-state index in [9.17, 15) is 4.39 Å². The van der Waals surface area contributed by atoms with Gasteiger partial charge in [0.25, 0.3) is 0 Å². The molecule has 0 spiro atoms. The highest BCUT2D eigenvalue weighted by molar-refractivity contribution is 5.78. The van der Waals surface area contributed by atoms with Crippen molar-refractivity contribution in [3.63, 3.8) is 0 Å². The van der Waals surface area contributed by atoms with Crippen LogP contribution < -0.4 is 5.73 Å². The number of rotatable bonds is 2. The van der Waals surface area contributed by atoms with Crippen LogP contribution in [0.2, 0.25) is 0 Å². The summed E-state index contributed by atoms with van der Waals surface area (Å²) in [6.07, 6.45) is 3.91. The van der Waals surface area contributed by atoms with Crippen LogP contribution in [0.1, 0.15) is 11.3 Å². The van der Waals surface area contributed by atoms with Gasteiger partial charge in [-0.2, -0.15) is 0 Å². The summed E-state index contributed by atoms with van der Waals surface area (Å²) in [6, 6.07) is 8.03. The van der Waals surface area contributed by atoms with Crippen LogP contribution in [0.25, 0.3) is 11.0 Å². The summed E-state index contributed by atoms with van der Waals surface area (Å²) in [5.74, 6) is 0.478. The molecular weight excluding hydrogens is 231 g/mol. The van der Waals surface area contributed by atoms with Gasteiger partial charge in [0.05, 0.1) is 0 Å². The molecule has 0 amide bonds. The van der Waals surface area contributed by atoms with Gasteiger partial charge in [0.15, 0.2) is 0 Å². The van der Waals surface area contributed by atoms with Crippen molar-refractivity contribution in [1.82, 2.24) is 4.98 Å². The summed E-state index contributed by atoms with van der Waals surface area (Å²) in [6.45, 7) is 0. The first-order valence-electron chi connectivity index (χ1n) is 5.59. The molecule has 0 aliphatic heterocycles. The van der Waals surface area contributed by atoms with E-state index in [-0.39, 0.29) is 5.82 Å². The molecule has 90 valence electrons. The lowest BCUT2D eigenvalue weighted by atomic mass is 10.1. The SMILES string of the molecule is Nc1ccncc1Cc1cc2cc(F)ccc2o1. The number of hydrogen-bond acceptors (Lipinski definition) is 3. The summed E-state index contributed by atoms with van der Waals surface area (Å²) in [5, 5.41) is 0.757. The fraction of sp³-hybridized carbons (Fsp3) is 0.0714. The molecule has 0 saturated heterocycles. The van der Waals surface area contributed by atoms with Gasteiger partial charge in [-0.1, -0.05) is 0 Å². The first-order valence-corrected chi connectivity index (χ1v) is 5.59. The van der Waals surface area contributed by atoms with E-state index in [2.05, 4.69) is 4.98 Å². The molecule has 0 atom stereocenters. The molecule has 3 rings (SSSR count). The number of anilines is 1. The van der Waals surface area contributed by atoms with Gasteiger partial charge in [0, 0.05) is 35.5 Å². The molecule has 0 fully saturated rings. The lowest BCUT2D eigenvalue weighted by molar-refractivity contribution is 0.561. The van der Waals surface area contributed by atoms with Crippen molar-refractivity contribution in [3.05, 3.63) is 59.9 Å². The minimum Gasteiger partial charge on any atom is -0.461 e. The number of nitrogens with two attached hydrogens (primary N) is 1.